The van der Waals surface area contributed by atoms with Gasteiger partial charge in [-0.1, -0.05) is 150 Å². The number of methoxy groups -OCH3 is 1. The van der Waals surface area contributed by atoms with E-state index in [0.717, 1.165) is 70.9 Å². The molecule has 0 bridgehead atoms. The van der Waals surface area contributed by atoms with Gasteiger partial charge in [-0.05, 0) is 201 Å². The van der Waals surface area contributed by atoms with Crippen molar-refractivity contribution in [3.63, 3.8) is 0 Å². The molecule has 0 aromatic heterocycles. The van der Waals surface area contributed by atoms with Gasteiger partial charge in [-0.3, -0.25) is 19.2 Å². The van der Waals surface area contributed by atoms with Crippen molar-refractivity contribution in [2.45, 2.75) is 187 Å². The number of hydrogen-bond acceptors (Lipinski definition) is 8. The summed E-state index contributed by atoms with van der Waals surface area (Å²) in [5, 5.41) is 21.6. The van der Waals surface area contributed by atoms with Gasteiger partial charge in [-0.2, -0.15) is 0 Å². The fourth-order valence-electron chi connectivity index (χ4n) is 16.3. The van der Waals surface area contributed by atoms with Crippen LogP contribution >= 0.6 is 0 Å². The Morgan fingerprint density at radius 2 is 1.39 bits per heavy atom. The number of amides is 4. The van der Waals surface area contributed by atoms with Crippen molar-refractivity contribution in [1.29, 1.82) is 0 Å². The number of carbonyl (C=O) groups excluding carboxylic acids is 4. The van der Waals surface area contributed by atoms with Crippen LogP contribution in [0.2, 0.25) is 0 Å². The van der Waals surface area contributed by atoms with Gasteiger partial charge in [0.25, 0.3) is 0 Å². The molecule has 1 unspecified atom stereocenters. The fraction of sp³-hybridized carbons (Fsp3) is 0.532. The molecule has 4 aliphatic carbocycles. The maximum atomic E-state index is 14.3. The number of aliphatic hydroxyl groups is 1. The van der Waals surface area contributed by atoms with E-state index in [9.17, 15) is 28.7 Å². The maximum absolute atomic E-state index is 14.3. The highest BCUT2D eigenvalue weighted by molar-refractivity contribution is 5.97. The minimum absolute atomic E-state index is 0.0352. The first-order valence-electron chi connectivity index (χ1n) is 34.0. The Balaban J connectivity index is 0.763. The maximum Gasteiger partial charge on any atom is 0.246 e. The third-order valence-corrected chi connectivity index (χ3v) is 21.2. The van der Waals surface area contributed by atoms with Crippen LogP contribution < -0.4 is 30.9 Å². The summed E-state index contributed by atoms with van der Waals surface area (Å²) >= 11 is 0. The van der Waals surface area contributed by atoms with Gasteiger partial charge in [-0.25, -0.2) is 4.39 Å². The lowest BCUT2D eigenvalue weighted by Crippen LogP contribution is -2.51. The summed E-state index contributed by atoms with van der Waals surface area (Å²) in [7, 11) is 1.65. The highest BCUT2D eigenvalue weighted by Gasteiger charge is 2.59. The number of rotatable bonds is 32. The average molecular weight is 1230 g/mol. The largest absolute Gasteiger partial charge is 0.497 e. The van der Waals surface area contributed by atoms with Crippen LogP contribution in [0.3, 0.4) is 0 Å². The molecule has 5 aromatic rings. The summed E-state index contributed by atoms with van der Waals surface area (Å²) in [6, 6.07) is 39.7. The Bertz CT molecular complexity index is 3070. The smallest absolute Gasteiger partial charge is 0.246 e. The molecule has 0 spiro atoms. The van der Waals surface area contributed by atoms with Crippen molar-refractivity contribution in [3.05, 3.63) is 173 Å². The highest BCUT2D eigenvalue weighted by atomic mass is 19.1. The number of anilines is 2. The summed E-state index contributed by atoms with van der Waals surface area (Å²) in [5.41, 5.74) is 7.51. The number of ether oxygens (including phenoxy) is 2. The lowest BCUT2D eigenvalue weighted by atomic mass is 9.47. The third kappa shape index (κ3) is 17.8. The average Bonchev–Trinajstić information content (AvgIpc) is 1.37. The van der Waals surface area contributed by atoms with Crippen LogP contribution in [0.1, 0.15) is 178 Å². The number of benzene rings is 5. The topological polar surface area (TPSA) is 158 Å². The number of hydrogen-bond donors (Lipinski definition) is 5. The summed E-state index contributed by atoms with van der Waals surface area (Å²) in [6.07, 6.45) is 19.0. The van der Waals surface area contributed by atoms with Gasteiger partial charge in [0.1, 0.15) is 17.6 Å². The summed E-state index contributed by atoms with van der Waals surface area (Å²) in [6.45, 7) is 14.0. The van der Waals surface area contributed by atoms with Gasteiger partial charge in [0.15, 0.2) is 0 Å². The highest BCUT2D eigenvalue weighted by Crippen LogP contribution is 2.67. The molecule has 0 heterocycles. The lowest BCUT2D eigenvalue weighted by Gasteiger charge is -2.58. The van der Waals surface area contributed by atoms with Crippen LogP contribution in [-0.4, -0.2) is 73.7 Å². The number of nitrogens with one attached hydrogen (secondary N) is 4. The molecule has 0 saturated heterocycles. The zero-order valence-electron chi connectivity index (χ0n) is 54.5. The molecular formula is C77H102FN5O7. The van der Waals surface area contributed by atoms with Gasteiger partial charge >= 0.3 is 0 Å². The van der Waals surface area contributed by atoms with E-state index in [1.807, 2.05) is 48.5 Å². The predicted molar refractivity (Wildman–Crippen MR) is 358 cm³/mol. The summed E-state index contributed by atoms with van der Waals surface area (Å²) in [4.78, 5) is 57.7. The van der Waals surface area contributed by atoms with Gasteiger partial charge in [0.2, 0.25) is 23.6 Å². The molecule has 3 fully saturated rings. The van der Waals surface area contributed by atoms with Gasteiger partial charge in [-0.15, -0.1) is 0 Å². The molecule has 5 aromatic carbocycles. The molecule has 484 valence electrons. The Kier molecular flexibility index (Phi) is 24.4. The van der Waals surface area contributed by atoms with Crippen LogP contribution in [0.4, 0.5) is 15.8 Å². The number of allylic oxidation sites excluding steroid dienone is 1. The standard InChI is InChI=1S/C77H102FN5O7/c1-53(2)17-15-18-54(3)67-38-39-68-66-37-28-59-50-65(42-44-76(59,4)69(66)43-45-77(67,68)5)90-48-16-46-79-71(85)40-41-72(86)80-62(49-55-24-29-60(78)30-25-55)51-73(87)82-70(75(88)81-61-31-26-56(52-84)27-32-61)23-13-14-47-83(63-33-35-64(89-6)36-34-63)74(57-19-9-7-10-20-57)58-21-11-8-12-22-58/h7-12,19-22,24-36,53-54,62,65-70,74,84H,13-18,23,37-52H2,1-6H3,(H,79,85)(H,80,86)(H,81,88)(H,82,87)/t54-,62+,65+,66+,67-,68+,69?,70+,76+,77-/m1/s1. The van der Waals surface area contributed by atoms with Crippen LogP contribution in [0.25, 0.3) is 0 Å². The van der Waals surface area contributed by atoms with E-state index in [-0.39, 0.29) is 55.8 Å². The van der Waals surface area contributed by atoms with Crippen molar-refractivity contribution in [1.82, 2.24) is 16.0 Å². The second kappa shape index (κ2) is 32.4. The fourth-order valence-corrected chi connectivity index (χ4v) is 16.3. The Morgan fingerprint density at radius 3 is 2.07 bits per heavy atom. The van der Waals surface area contributed by atoms with Crippen LogP contribution in [-0.2, 0) is 36.9 Å². The Hall–Kier alpha value is -6.83. The number of carbonyl (C=O) groups is 4. The number of aliphatic hydroxyl groups excluding tert-OH is 1. The van der Waals surface area contributed by atoms with Gasteiger partial charge in [0, 0.05) is 56.4 Å². The van der Waals surface area contributed by atoms with Crippen molar-refractivity contribution >= 4 is 35.0 Å². The molecular weight excluding hydrogens is 1130 g/mol. The summed E-state index contributed by atoms with van der Waals surface area (Å²) in [5.74, 6) is 3.71. The van der Waals surface area contributed by atoms with Gasteiger partial charge < -0.3 is 40.7 Å². The van der Waals surface area contributed by atoms with E-state index < -0.39 is 35.6 Å². The molecule has 0 aliphatic heterocycles. The van der Waals surface area contributed by atoms with E-state index in [1.54, 1.807) is 49.1 Å². The predicted octanol–water partition coefficient (Wildman–Crippen LogP) is 15.0. The van der Waals surface area contributed by atoms with Gasteiger partial charge in [0.05, 0.1) is 25.9 Å². The molecule has 10 atom stereocenters. The number of fused-ring (bicyclic) bond motifs is 5. The van der Waals surface area contributed by atoms with Crippen molar-refractivity contribution < 1.29 is 38.1 Å². The minimum Gasteiger partial charge on any atom is -0.497 e. The Labute approximate surface area is 536 Å². The molecule has 13 heteroatoms. The van der Waals surface area contributed by atoms with E-state index in [1.165, 1.54) is 69.9 Å². The summed E-state index contributed by atoms with van der Waals surface area (Å²) < 4.78 is 26.1. The molecule has 4 amide bonds. The first kappa shape index (κ1) is 67.6. The quantitative estimate of drug-likeness (QED) is 0.0210. The number of unbranched alkanes of at least 4 members (excludes halogenated alkanes) is 1. The molecule has 90 heavy (non-hydrogen) atoms. The normalized spacial score (nSPS) is 22.9. The first-order chi connectivity index (χ1) is 43.5. The van der Waals surface area contributed by atoms with Crippen LogP contribution in [0.15, 0.2) is 145 Å². The zero-order valence-corrected chi connectivity index (χ0v) is 54.5. The SMILES string of the molecule is COc1ccc(N(CCCC[C@H](NC(=O)C[C@H](Cc2ccc(F)cc2)NC(=O)CCC(=O)NCCCO[C@H]2CC[C@@]3(C)C(=CC[C@@H]4C3CC[C@]3(C)[C@@H]([C@H](C)CCCC(C)C)CC[C@@H]43)C2)C(=O)Nc2ccc(CO)cc2)C(c2ccccc2)c2ccccc2)cc1. The second-order valence-electron chi connectivity index (χ2n) is 27.6. The van der Waals surface area contributed by atoms with E-state index in [2.05, 4.69) is 103 Å². The minimum atomic E-state index is -0.951. The first-order valence-corrected chi connectivity index (χ1v) is 34.0. The lowest BCUT2D eigenvalue weighted by molar-refractivity contribution is -0.128. The van der Waals surface area contributed by atoms with E-state index in [4.69, 9.17) is 9.47 Å². The zero-order chi connectivity index (χ0) is 63.6. The second-order valence-corrected chi connectivity index (χ2v) is 27.6. The van der Waals surface area contributed by atoms with E-state index in [0.29, 0.717) is 67.6 Å². The van der Waals surface area contributed by atoms with E-state index >= 15 is 0 Å². The van der Waals surface area contributed by atoms with Crippen molar-refractivity contribution in [2.24, 2.45) is 46.3 Å². The van der Waals surface area contributed by atoms with Crippen molar-refractivity contribution in [2.75, 3.05) is 37.0 Å². The third-order valence-electron chi connectivity index (χ3n) is 21.2. The van der Waals surface area contributed by atoms with Crippen LogP contribution in [0.5, 0.6) is 5.75 Å². The molecule has 3 saturated carbocycles. The number of halogens is 1. The van der Waals surface area contributed by atoms with Crippen molar-refractivity contribution in [3.8, 4) is 5.75 Å². The molecule has 4 aliphatic rings. The molecule has 0 radical (unpaired) electrons. The Morgan fingerprint density at radius 1 is 0.700 bits per heavy atom. The number of nitrogens with zero attached hydrogens (tertiary/aromatic N) is 1. The van der Waals surface area contributed by atoms with Crippen LogP contribution in [0, 0.1) is 52.2 Å². The monoisotopic (exact) mass is 1230 g/mol. The molecule has 12 nitrogen and oxygen atoms in total. The molecule has 9 rings (SSSR count). The molecule has 5 N–H and O–H groups in total.